The fourth-order valence-electron chi connectivity index (χ4n) is 6.21. The van der Waals surface area contributed by atoms with Gasteiger partial charge in [0.1, 0.15) is 5.75 Å². The number of alkyl halides is 2. The van der Waals surface area contributed by atoms with Crippen LogP contribution < -0.4 is 4.74 Å². The maximum absolute atomic E-state index is 15.1. The molecular formula is C30H40F2O. The smallest absolute Gasteiger partial charge is 0.426 e. The van der Waals surface area contributed by atoms with Crippen molar-refractivity contribution in [1.82, 2.24) is 0 Å². The molecule has 2 aromatic rings. The topological polar surface area (TPSA) is 9.23 Å². The molecule has 1 nitrogen and oxygen atoms in total. The van der Waals surface area contributed by atoms with E-state index in [2.05, 4.69) is 6.92 Å². The number of hydrogen-bond donors (Lipinski definition) is 0. The summed E-state index contributed by atoms with van der Waals surface area (Å²) in [7, 11) is 0. The van der Waals surface area contributed by atoms with E-state index in [1.807, 2.05) is 32.9 Å². The summed E-state index contributed by atoms with van der Waals surface area (Å²) in [5, 5.41) is 0. The van der Waals surface area contributed by atoms with E-state index >= 15 is 8.78 Å². The minimum Gasteiger partial charge on any atom is -0.429 e. The van der Waals surface area contributed by atoms with Crippen LogP contribution in [0.5, 0.6) is 5.75 Å². The first-order valence-corrected chi connectivity index (χ1v) is 12.9. The lowest BCUT2D eigenvalue weighted by Gasteiger charge is -2.37. The molecule has 0 bridgehead atoms. The highest BCUT2D eigenvalue weighted by Gasteiger charge is 2.37. The van der Waals surface area contributed by atoms with Crippen molar-refractivity contribution in [2.24, 2.45) is 17.8 Å². The summed E-state index contributed by atoms with van der Waals surface area (Å²) in [6.07, 6.45) is 7.18. The van der Waals surface area contributed by atoms with E-state index in [-0.39, 0.29) is 11.3 Å². The van der Waals surface area contributed by atoms with Crippen molar-refractivity contribution in [3.63, 3.8) is 0 Å². The SMILES string of the molecule is Cc1cc(C2CCC(C3CCC(C)CC3)CC2)ccc1C(F)(F)Oc1cc(C)c(C)c(C)c1. The second kappa shape index (κ2) is 9.76. The standard InChI is InChI=1S/C30H40F2O/c1-19-6-8-24(9-7-19)25-10-12-26(13-11-25)27-14-15-29(22(4)16-27)30(31,32)33-28-17-20(2)23(5)21(3)18-28/h14-19,24-26H,6-13H2,1-5H3. The summed E-state index contributed by atoms with van der Waals surface area (Å²) >= 11 is 0. The molecule has 180 valence electrons. The highest BCUT2D eigenvalue weighted by atomic mass is 19.3. The highest BCUT2D eigenvalue weighted by molar-refractivity contribution is 5.41. The molecule has 3 heteroatoms. The van der Waals surface area contributed by atoms with Crippen molar-refractivity contribution in [3.05, 3.63) is 63.7 Å². The quantitative estimate of drug-likeness (QED) is 0.437. The molecule has 0 heterocycles. The maximum atomic E-state index is 15.1. The van der Waals surface area contributed by atoms with Gasteiger partial charge in [-0.15, -0.1) is 0 Å². The monoisotopic (exact) mass is 454 g/mol. The Bertz CT molecular complexity index is 940. The zero-order valence-electron chi connectivity index (χ0n) is 21.0. The molecule has 0 saturated heterocycles. The van der Waals surface area contributed by atoms with Crippen molar-refractivity contribution < 1.29 is 13.5 Å². The zero-order valence-corrected chi connectivity index (χ0v) is 21.0. The van der Waals surface area contributed by atoms with Crippen LogP contribution in [0.25, 0.3) is 0 Å². The Morgan fingerprint density at radius 3 is 1.82 bits per heavy atom. The average molecular weight is 455 g/mol. The number of ether oxygens (including phenoxy) is 1. The third-order valence-electron chi connectivity index (χ3n) is 8.68. The molecule has 0 N–H and O–H groups in total. The molecule has 2 fully saturated rings. The van der Waals surface area contributed by atoms with Gasteiger partial charge in [-0.1, -0.05) is 31.9 Å². The number of rotatable bonds is 5. The van der Waals surface area contributed by atoms with Crippen LogP contribution in [0.4, 0.5) is 8.78 Å². The summed E-state index contributed by atoms with van der Waals surface area (Å²) in [5.74, 6) is 3.40. The molecule has 4 rings (SSSR count). The summed E-state index contributed by atoms with van der Waals surface area (Å²) in [6.45, 7) is 10.0. The second-order valence-corrected chi connectivity index (χ2v) is 11.0. The Balaban J connectivity index is 1.41. The first-order valence-electron chi connectivity index (χ1n) is 12.9. The lowest BCUT2D eigenvalue weighted by Crippen LogP contribution is -2.25. The third-order valence-corrected chi connectivity index (χ3v) is 8.68. The van der Waals surface area contributed by atoms with Gasteiger partial charge in [0.15, 0.2) is 0 Å². The predicted octanol–water partition coefficient (Wildman–Crippen LogP) is 9.15. The first kappa shape index (κ1) is 24.2. The van der Waals surface area contributed by atoms with Gasteiger partial charge in [-0.3, -0.25) is 0 Å². The van der Waals surface area contributed by atoms with E-state index < -0.39 is 6.11 Å². The highest BCUT2D eigenvalue weighted by Crippen LogP contribution is 2.44. The minimum absolute atomic E-state index is 0.0351. The lowest BCUT2D eigenvalue weighted by molar-refractivity contribution is -0.185. The van der Waals surface area contributed by atoms with E-state index in [0.29, 0.717) is 11.5 Å². The Morgan fingerprint density at radius 1 is 0.727 bits per heavy atom. The van der Waals surface area contributed by atoms with Crippen LogP contribution in [0, 0.1) is 45.4 Å². The van der Waals surface area contributed by atoms with E-state index in [4.69, 9.17) is 4.74 Å². The third kappa shape index (κ3) is 5.44. The normalized spacial score (nSPS) is 26.3. The fourth-order valence-corrected chi connectivity index (χ4v) is 6.21. The van der Waals surface area contributed by atoms with Crippen molar-refractivity contribution >= 4 is 0 Å². The van der Waals surface area contributed by atoms with Crippen LogP contribution in [-0.2, 0) is 6.11 Å². The summed E-state index contributed by atoms with van der Waals surface area (Å²) < 4.78 is 35.4. The van der Waals surface area contributed by atoms with Crippen LogP contribution in [0.3, 0.4) is 0 Å². The van der Waals surface area contributed by atoms with Crippen LogP contribution in [-0.4, -0.2) is 0 Å². The summed E-state index contributed by atoms with van der Waals surface area (Å²) in [5.41, 5.74) is 4.83. The Morgan fingerprint density at radius 2 is 1.27 bits per heavy atom. The van der Waals surface area contributed by atoms with Gasteiger partial charge in [0, 0.05) is 0 Å². The Labute approximate surface area is 198 Å². The Hall–Kier alpha value is -1.90. The predicted molar refractivity (Wildman–Crippen MR) is 132 cm³/mol. The van der Waals surface area contributed by atoms with Crippen LogP contribution >= 0.6 is 0 Å². The second-order valence-electron chi connectivity index (χ2n) is 11.0. The molecule has 0 atom stereocenters. The molecule has 33 heavy (non-hydrogen) atoms. The number of benzene rings is 2. The van der Waals surface area contributed by atoms with Crippen LogP contribution in [0.2, 0.25) is 0 Å². The van der Waals surface area contributed by atoms with Crippen molar-refractivity contribution in [1.29, 1.82) is 0 Å². The van der Waals surface area contributed by atoms with Gasteiger partial charge in [0.25, 0.3) is 0 Å². The summed E-state index contributed by atoms with van der Waals surface area (Å²) in [6, 6.07) is 8.88. The lowest BCUT2D eigenvalue weighted by atomic mass is 9.68. The molecule has 2 aliphatic carbocycles. The van der Waals surface area contributed by atoms with Gasteiger partial charge in [-0.05, 0) is 136 Å². The van der Waals surface area contributed by atoms with Gasteiger partial charge in [0.2, 0.25) is 0 Å². The van der Waals surface area contributed by atoms with E-state index in [1.54, 1.807) is 25.1 Å². The molecule has 0 spiro atoms. The van der Waals surface area contributed by atoms with E-state index in [9.17, 15) is 0 Å². The van der Waals surface area contributed by atoms with E-state index in [0.717, 1.165) is 34.4 Å². The number of halogens is 2. The van der Waals surface area contributed by atoms with Crippen molar-refractivity contribution in [2.75, 3.05) is 0 Å². The molecule has 0 amide bonds. The number of hydrogen-bond acceptors (Lipinski definition) is 1. The van der Waals surface area contributed by atoms with Gasteiger partial charge < -0.3 is 4.74 Å². The van der Waals surface area contributed by atoms with E-state index in [1.165, 1.54) is 56.9 Å². The number of aryl methyl sites for hydroxylation is 3. The first-order chi connectivity index (χ1) is 15.6. The molecule has 0 radical (unpaired) electrons. The largest absolute Gasteiger partial charge is 0.429 e. The average Bonchev–Trinajstić information content (AvgIpc) is 2.77. The van der Waals surface area contributed by atoms with Gasteiger partial charge in [0.05, 0.1) is 5.56 Å². The van der Waals surface area contributed by atoms with Crippen molar-refractivity contribution in [2.45, 2.75) is 98.0 Å². The molecule has 0 aromatic heterocycles. The summed E-state index contributed by atoms with van der Waals surface area (Å²) in [4.78, 5) is 0. The molecule has 2 saturated carbocycles. The van der Waals surface area contributed by atoms with Crippen LogP contribution in [0.15, 0.2) is 30.3 Å². The van der Waals surface area contributed by atoms with Gasteiger partial charge >= 0.3 is 6.11 Å². The van der Waals surface area contributed by atoms with Gasteiger partial charge in [-0.25, -0.2) is 0 Å². The molecule has 2 aromatic carbocycles. The fraction of sp³-hybridized carbons (Fsp3) is 0.600. The van der Waals surface area contributed by atoms with Gasteiger partial charge in [-0.2, -0.15) is 8.78 Å². The molecular weight excluding hydrogens is 414 g/mol. The molecule has 0 aliphatic heterocycles. The van der Waals surface area contributed by atoms with Crippen molar-refractivity contribution in [3.8, 4) is 5.75 Å². The zero-order chi connectivity index (χ0) is 23.8. The Kier molecular flexibility index (Phi) is 7.17. The van der Waals surface area contributed by atoms with Crippen LogP contribution in [0.1, 0.15) is 97.6 Å². The minimum atomic E-state index is -3.35. The maximum Gasteiger partial charge on any atom is 0.426 e. The molecule has 0 unspecified atom stereocenters. The molecule has 2 aliphatic rings.